The normalized spacial score (nSPS) is 20.7. The smallest absolute Gasteiger partial charge is 0.266 e. The summed E-state index contributed by atoms with van der Waals surface area (Å²) in [6.07, 6.45) is 3.79. The van der Waals surface area contributed by atoms with Crippen LogP contribution in [-0.4, -0.2) is 56.1 Å². The SMILES string of the molecule is O=C1/C(=C/c2cn(-c3ccccc3)nc2-c2cccc(N([O-])O)c2)SC(=S)N1C1CCS(=O)(=O)C1. The fourth-order valence-electron chi connectivity index (χ4n) is 4.12. The number of benzene rings is 2. The van der Waals surface area contributed by atoms with Crippen LogP contribution in [0, 0.1) is 5.21 Å². The second kappa shape index (κ2) is 9.21. The van der Waals surface area contributed by atoms with Gasteiger partial charge in [-0.15, -0.1) is 0 Å². The van der Waals surface area contributed by atoms with Gasteiger partial charge in [0.25, 0.3) is 5.91 Å². The molecule has 12 heteroatoms. The van der Waals surface area contributed by atoms with Gasteiger partial charge in [-0.1, -0.05) is 54.3 Å². The summed E-state index contributed by atoms with van der Waals surface area (Å²) < 4.78 is 25.9. The van der Waals surface area contributed by atoms with Gasteiger partial charge in [-0.25, -0.2) is 13.1 Å². The first kappa shape index (κ1) is 23.7. The zero-order valence-corrected chi connectivity index (χ0v) is 20.6. The topological polar surface area (TPSA) is 119 Å². The van der Waals surface area contributed by atoms with E-state index in [0.29, 0.717) is 32.5 Å². The lowest BCUT2D eigenvalue weighted by molar-refractivity contribution is -0.123. The molecule has 1 amide bonds. The highest BCUT2D eigenvalue weighted by Crippen LogP contribution is 2.38. The molecular weight excluding hydrogens is 508 g/mol. The maximum Gasteiger partial charge on any atom is 0.266 e. The third kappa shape index (κ3) is 4.75. The van der Waals surface area contributed by atoms with Crippen molar-refractivity contribution in [2.75, 3.05) is 16.7 Å². The molecule has 3 aromatic rings. The maximum absolute atomic E-state index is 13.2. The van der Waals surface area contributed by atoms with Crippen molar-refractivity contribution in [2.45, 2.75) is 12.5 Å². The minimum atomic E-state index is -3.18. The molecule has 2 aliphatic rings. The van der Waals surface area contributed by atoms with Crippen LogP contribution in [0.5, 0.6) is 0 Å². The summed E-state index contributed by atoms with van der Waals surface area (Å²) in [6.45, 7) is 0. The first-order valence-electron chi connectivity index (χ1n) is 10.6. The first-order valence-corrected chi connectivity index (χ1v) is 13.7. The second-order valence-corrected chi connectivity index (χ2v) is 12.0. The lowest BCUT2D eigenvalue weighted by Crippen LogP contribution is -2.39. The zero-order valence-electron chi connectivity index (χ0n) is 18.1. The fraction of sp³-hybridized carbons (Fsp3) is 0.174. The Morgan fingerprint density at radius 3 is 2.66 bits per heavy atom. The number of thioether (sulfide) groups is 1. The predicted octanol–water partition coefficient (Wildman–Crippen LogP) is 3.62. The van der Waals surface area contributed by atoms with Crippen LogP contribution in [0.15, 0.2) is 65.7 Å². The molecule has 0 spiro atoms. The van der Waals surface area contributed by atoms with Crippen LogP contribution in [0.2, 0.25) is 0 Å². The van der Waals surface area contributed by atoms with Gasteiger partial charge in [-0.3, -0.25) is 14.9 Å². The van der Waals surface area contributed by atoms with E-state index in [1.807, 2.05) is 30.3 Å². The molecule has 9 nitrogen and oxygen atoms in total. The molecule has 0 radical (unpaired) electrons. The number of thiocarbonyl (C=S) groups is 1. The molecule has 0 bridgehead atoms. The van der Waals surface area contributed by atoms with Crippen molar-refractivity contribution in [3.63, 3.8) is 0 Å². The molecular formula is C23H19N4O5S3-. The van der Waals surface area contributed by atoms with Crippen LogP contribution < -0.4 is 5.23 Å². The molecule has 0 saturated carbocycles. The molecule has 5 rings (SSSR count). The van der Waals surface area contributed by atoms with E-state index < -0.39 is 15.9 Å². The molecule has 2 fully saturated rings. The van der Waals surface area contributed by atoms with Crippen LogP contribution in [0.25, 0.3) is 23.0 Å². The molecule has 1 unspecified atom stereocenters. The average Bonchev–Trinajstić information content (AvgIpc) is 3.49. The highest BCUT2D eigenvalue weighted by Gasteiger charge is 2.42. The zero-order chi connectivity index (χ0) is 24.7. The summed E-state index contributed by atoms with van der Waals surface area (Å²) in [6, 6.07) is 15.3. The molecule has 0 aliphatic carbocycles. The molecule has 3 heterocycles. The third-order valence-electron chi connectivity index (χ3n) is 5.79. The van der Waals surface area contributed by atoms with Crippen molar-refractivity contribution in [3.05, 3.63) is 76.5 Å². The van der Waals surface area contributed by atoms with E-state index in [4.69, 9.17) is 12.2 Å². The van der Waals surface area contributed by atoms with Crippen molar-refractivity contribution in [1.29, 1.82) is 0 Å². The molecule has 1 aromatic heterocycles. The Balaban J connectivity index is 1.56. The Labute approximate surface area is 211 Å². The summed E-state index contributed by atoms with van der Waals surface area (Å²) >= 11 is 6.54. The summed E-state index contributed by atoms with van der Waals surface area (Å²) in [5, 5.41) is 25.2. The maximum atomic E-state index is 13.2. The summed E-state index contributed by atoms with van der Waals surface area (Å²) in [4.78, 5) is 15.0. The van der Waals surface area contributed by atoms with Gasteiger partial charge in [0.1, 0.15) is 10.0 Å². The number of hydrogen-bond acceptors (Lipinski definition) is 9. The van der Waals surface area contributed by atoms with Gasteiger partial charge in [0.05, 0.1) is 33.8 Å². The monoisotopic (exact) mass is 527 g/mol. The Morgan fingerprint density at radius 1 is 1.20 bits per heavy atom. The average molecular weight is 528 g/mol. The van der Waals surface area contributed by atoms with Crippen molar-refractivity contribution in [2.24, 2.45) is 0 Å². The van der Waals surface area contributed by atoms with Gasteiger partial charge in [0.2, 0.25) is 0 Å². The van der Waals surface area contributed by atoms with E-state index >= 15 is 0 Å². The Hall–Kier alpha value is -3.03. The van der Waals surface area contributed by atoms with Crippen LogP contribution in [0.3, 0.4) is 0 Å². The molecule has 2 saturated heterocycles. The number of para-hydroxylation sites is 1. The van der Waals surface area contributed by atoms with E-state index in [1.165, 1.54) is 17.0 Å². The molecule has 2 aromatic carbocycles. The fourth-order valence-corrected chi connectivity index (χ4v) is 7.21. The van der Waals surface area contributed by atoms with Gasteiger partial charge in [-0.2, -0.15) is 5.10 Å². The van der Waals surface area contributed by atoms with Gasteiger partial charge in [-0.05, 0) is 36.8 Å². The van der Waals surface area contributed by atoms with E-state index in [9.17, 15) is 23.6 Å². The Kier molecular flexibility index (Phi) is 6.23. The number of nitrogens with zero attached hydrogens (tertiary/aromatic N) is 4. The van der Waals surface area contributed by atoms with Gasteiger partial charge in [0.15, 0.2) is 9.84 Å². The number of amides is 1. The molecule has 1 atom stereocenters. The Bertz CT molecular complexity index is 1450. The van der Waals surface area contributed by atoms with Crippen molar-refractivity contribution in [1.82, 2.24) is 14.7 Å². The highest BCUT2D eigenvalue weighted by atomic mass is 32.2. The van der Waals surface area contributed by atoms with E-state index in [1.54, 1.807) is 29.1 Å². The second-order valence-electron chi connectivity index (χ2n) is 8.15. The first-order chi connectivity index (χ1) is 16.7. The van der Waals surface area contributed by atoms with E-state index in [0.717, 1.165) is 17.4 Å². The van der Waals surface area contributed by atoms with Crippen LogP contribution in [-0.2, 0) is 14.6 Å². The quantitative estimate of drug-likeness (QED) is 0.301. The Morgan fingerprint density at radius 2 is 1.97 bits per heavy atom. The van der Waals surface area contributed by atoms with Crippen LogP contribution >= 0.6 is 24.0 Å². The standard InChI is InChI=1S/C23H19N4O5S3/c28-22-20(34-23(33)26(22)19-9-10-35(31,32)14-19)12-16-13-25(17-6-2-1-3-7-17)24-21(16)15-5-4-8-18(11-15)27(29)30/h1-8,11-13,19,29H,9-10,14H2/q-1/b20-12-. The van der Waals surface area contributed by atoms with Gasteiger partial charge < -0.3 is 10.4 Å². The summed E-state index contributed by atoms with van der Waals surface area (Å²) in [5.41, 5.74) is 2.49. The van der Waals surface area contributed by atoms with Crippen LogP contribution in [0.1, 0.15) is 12.0 Å². The molecule has 35 heavy (non-hydrogen) atoms. The van der Waals surface area contributed by atoms with Gasteiger partial charge in [0, 0.05) is 17.3 Å². The highest BCUT2D eigenvalue weighted by molar-refractivity contribution is 8.26. The van der Waals surface area contributed by atoms with Crippen molar-refractivity contribution < 1.29 is 18.4 Å². The molecule has 1 N–H and O–H groups in total. The van der Waals surface area contributed by atoms with Gasteiger partial charge >= 0.3 is 0 Å². The van der Waals surface area contributed by atoms with E-state index in [-0.39, 0.29) is 28.3 Å². The number of sulfone groups is 1. The van der Waals surface area contributed by atoms with Crippen LogP contribution in [0.4, 0.5) is 5.69 Å². The number of aromatic nitrogens is 2. The predicted molar refractivity (Wildman–Crippen MR) is 139 cm³/mol. The molecule has 2 aliphatic heterocycles. The minimum absolute atomic E-state index is 0.0384. The number of carbonyl (C=O) groups is 1. The minimum Gasteiger partial charge on any atom is -0.733 e. The number of rotatable bonds is 5. The number of carbonyl (C=O) groups excluding carboxylic acids is 1. The lowest BCUT2D eigenvalue weighted by atomic mass is 10.1. The summed E-state index contributed by atoms with van der Waals surface area (Å²) in [5.74, 6) is -0.390. The third-order valence-corrected chi connectivity index (χ3v) is 8.87. The number of anilines is 1. The van der Waals surface area contributed by atoms with Crippen molar-refractivity contribution >= 4 is 55.8 Å². The van der Waals surface area contributed by atoms with E-state index in [2.05, 4.69) is 5.10 Å². The summed E-state index contributed by atoms with van der Waals surface area (Å²) in [7, 11) is -3.18. The largest absolute Gasteiger partial charge is 0.733 e. The number of hydrogen-bond donors (Lipinski definition) is 1. The lowest BCUT2D eigenvalue weighted by Gasteiger charge is -2.21. The molecule has 180 valence electrons. The van der Waals surface area contributed by atoms with Crippen molar-refractivity contribution in [3.8, 4) is 16.9 Å².